The topological polar surface area (TPSA) is 84.8 Å². The number of anilines is 3. The van der Waals surface area contributed by atoms with E-state index in [1.807, 2.05) is 31.2 Å². The number of benzene rings is 4. The van der Waals surface area contributed by atoms with Gasteiger partial charge in [0.25, 0.3) is 5.91 Å². The van der Waals surface area contributed by atoms with E-state index in [2.05, 4.69) is 44.3 Å². The fraction of sp³-hybridized carbons (Fsp3) is 0.325. The van der Waals surface area contributed by atoms with Gasteiger partial charge in [-0.1, -0.05) is 13.5 Å². The predicted octanol–water partition coefficient (Wildman–Crippen LogP) is 7.54. The highest BCUT2D eigenvalue weighted by atomic mass is 19.1. The Morgan fingerprint density at radius 2 is 1.62 bits per heavy atom. The Morgan fingerprint density at radius 1 is 0.904 bits per heavy atom. The molecule has 3 heterocycles. The third-order valence-electron chi connectivity index (χ3n) is 9.70. The summed E-state index contributed by atoms with van der Waals surface area (Å²) in [6.07, 6.45) is 3.45. The molecule has 1 amide bonds. The van der Waals surface area contributed by atoms with Crippen LogP contribution in [0.1, 0.15) is 40.9 Å². The van der Waals surface area contributed by atoms with E-state index < -0.39 is 17.2 Å². The van der Waals surface area contributed by atoms with Gasteiger partial charge in [0.15, 0.2) is 0 Å². The summed E-state index contributed by atoms with van der Waals surface area (Å²) in [4.78, 5) is 21.4. The summed E-state index contributed by atoms with van der Waals surface area (Å²) in [5, 5.41) is 6.99. The van der Waals surface area contributed by atoms with E-state index in [9.17, 15) is 13.6 Å². The molecule has 1 aromatic heterocycles. The molecule has 0 radical (unpaired) electrons. The lowest BCUT2D eigenvalue weighted by atomic mass is 9.87. The van der Waals surface area contributed by atoms with E-state index in [-0.39, 0.29) is 31.6 Å². The Hall–Kier alpha value is -5.36. The number of nitrogens with zero attached hydrogens (tertiary/aromatic N) is 5. The van der Waals surface area contributed by atoms with Crippen LogP contribution in [0.5, 0.6) is 5.75 Å². The van der Waals surface area contributed by atoms with Gasteiger partial charge < -0.3 is 24.6 Å². The molecule has 9 nitrogen and oxygen atoms in total. The van der Waals surface area contributed by atoms with Crippen LogP contribution in [-0.4, -0.2) is 60.1 Å². The highest BCUT2D eigenvalue weighted by molar-refractivity contribution is 6.04. The van der Waals surface area contributed by atoms with Crippen LogP contribution < -0.4 is 19.9 Å². The summed E-state index contributed by atoms with van der Waals surface area (Å²) >= 11 is 0. The molecule has 2 aliphatic heterocycles. The van der Waals surface area contributed by atoms with E-state index in [1.54, 1.807) is 11.0 Å². The number of ether oxygens (including phenoxy) is 2. The number of carbonyl (C=O) groups excluding carboxylic acids is 1. The molecule has 2 atom stereocenters. The van der Waals surface area contributed by atoms with E-state index in [1.165, 1.54) is 42.7 Å². The molecule has 52 heavy (non-hydrogen) atoms. The molecule has 0 spiro atoms. The van der Waals surface area contributed by atoms with Gasteiger partial charge in [-0.15, -0.1) is 0 Å². The highest BCUT2D eigenvalue weighted by Gasteiger charge is 2.44. The monoisotopic (exact) mass is 712 g/mol. The number of rotatable bonds is 10. The zero-order chi connectivity index (χ0) is 35.5. The summed E-state index contributed by atoms with van der Waals surface area (Å²) in [5.41, 5.74) is 4.67. The minimum absolute atomic E-state index is 0. The molecule has 2 fully saturated rings. The van der Waals surface area contributed by atoms with Crippen LogP contribution in [0.15, 0.2) is 91.5 Å². The van der Waals surface area contributed by atoms with Crippen LogP contribution in [0.2, 0.25) is 0 Å². The molecule has 1 N–H and O–H groups in total. The first kappa shape index (κ1) is 36.4. The predicted molar refractivity (Wildman–Crippen MR) is 195 cm³/mol. The average molecular weight is 713 g/mol. The number of carbonyl (C=O) groups is 1. The van der Waals surface area contributed by atoms with Crippen LogP contribution in [-0.2, 0) is 16.9 Å². The van der Waals surface area contributed by atoms with Crippen molar-refractivity contribution in [3.05, 3.63) is 131 Å². The van der Waals surface area contributed by atoms with Gasteiger partial charge >= 0.3 is 0 Å². The molecule has 2 aliphatic rings. The molecule has 12 heteroatoms. The minimum Gasteiger partial charge on any atom is -0.493 e. The molecule has 0 bridgehead atoms. The third kappa shape index (κ3) is 7.91. The summed E-state index contributed by atoms with van der Waals surface area (Å²) in [5.74, 6) is -1.12. The number of amides is 1. The highest BCUT2D eigenvalue weighted by Crippen LogP contribution is 2.42. The normalized spacial score (nSPS) is 18.6. The summed E-state index contributed by atoms with van der Waals surface area (Å²) in [6.45, 7) is 8.42. The van der Waals surface area contributed by atoms with Crippen LogP contribution in [0.4, 0.5) is 30.2 Å². The zero-order valence-corrected chi connectivity index (χ0v) is 28.5. The number of halogens is 3. The largest absolute Gasteiger partial charge is 0.493 e. The summed E-state index contributed by atoms with van der Waals surface area (Å²) < 4.78 is 56.2. The van der Waals surface area contributed by atoms with Crippen molar-refractivity contribution in [3.8, 4) is 5.75 Å². The van der Waals surface area contributed by atoms with E-state index in [4.69, 9.17) is 9.47 Å². The van der Waals surface area contributed by atoms with Crippen LogP contribution >= 0.6 is 0 Å². The Labute approximate surface area is 302 Å². The first-order valence-electron chi connectivity index (χ1n) is 17.0. The zero-order valence-electron chi connectivity index (χ0n) is 28.5. The first-order chi connectivity index (χ1) is 24.7. The quantitative estimate of drug-likeness (QED) is 0.160. The average Bonchev–Trinajstić information content (AvgIpc) is 3.80. The Balaban J connectivity index is 0.00000464. The standard InChI is InChI=1S/C39H39F3N6O3.CH4/c1-26-18-37(50-21-28-20-39(51-22-28,23-48-25-43-24-44-48)34-12-7-31(41)19-35(34)42)27(2)17-36(26)47-15-13-46(14-16-47)33-10-3-29(4-11-33)38(49)45-32-8-5-30(40)6-9-32;/h3-12,17-19,24-25,28H,13-16,20-23H2,1-2H3,(H,45,49);1H4/t28-,39+;/m1./s1. The van der Waals surface area contributed by atoms with Crippen molar-refractivity contribution in [2.75, 3.05) is 54.5 Å². The van der Waals surface area contributed by atoms with Gasteiger partial charge in [-0.05, 0) is 98.1 Å². The fourth-order valence-corrected chi connectivity index (χ4v) is 7.03. The van der Waals surface area contributed by atoms with E-state index >= 15 is 4.39 Å². The first-order valence-corrected chi connectivity index (χ1v) is 17.0. The van der Waals surface area contributed by atoms with Gasteiger partial charge in [-0.25, -0.2) is 22.8 Å². The maximum Gasteiger partial charge on any atom is 0.255 e. The molecule has 4 aromatic carbocycles. The molecule has 0 aliphatic carbocycles. The number of piperazine rings is 1. The lowest BCUT2D eigenvalue weighted by Crippen LogP contribution is -2.46. The molecule has 5 aromatic rings. The molecule has 272 valence electrons. The van der Waals surface area contributed by atoms with Crippen molar-refractivity contribution >= 4 is 23.0 Å². The summed E-state index contributed by atoms with van der Waals surface area (Å²) in [7, 11) is 0. The van der Waals surface area contributed by atoms with Gasteiger partial charge in [0.1, 0.15) is 41.5 Å². The number of hydrogen-bond acceptors (Lipinski definition) is 7. The number of nitrogens with one attached hydrogen (secondary N) is 1. The van der Waals surface area contributed by atoms with Crippen LogP contribution in [0.25, 0.3) is 0 Å². The SMILES string of the molecule is C.Cc1cc(N2CCN(c3ccc(C(=O)Nc4ccc(F)cc4)cc3)CC2)c(C)cc1OC[C@@H]1CO[C@@](Cn2cncn2)(c2ccc(F)cc2F)C1. The summed E-state index contributed by atoms with van der Waals surface area (Å²) in [6, 6.07) is 21.1. The maximum absolute atomic E-state index is 15.0. The fourth-order valence-electron chi connectivity index (χ4n) is 7.03. The van der Waals surface area contributed by atoms with Crippen molar-refractivity contribution in [2.24, 2.45) is 5.92 Å². The minimum atomic E-state index is -1.03. The van der Waals surface area contributed by atoms with Gasteiger partial charge in [0.2, 0.25) is 0 Å². The Bertz CT molecular complexity index is 1980. The molecule has 2 saturated heterocycles. The second-order valence-electron chi connectivity index (χ2n) is 13.3. The van der Waals surface area contributed by atoms with Gasteiger partial charge in [0, 0.05) is 66.4 Å². The second-order valence-corrected chi connectivity index (χ2v) is 13.3. The van der Waals surface area contributed by atoms with Gasteiger partial charge in [-0.2, -0.15) is 5.10 Å². The van der Waals surface area contributed by atoms with E-state index in [0.29, 0.717) is 36.4 Å². The lowest BCUT2D eigenvalue weighted by molar-refractivity contribution is -0.0206. The van der Waals surface area contributed by atoms with Crippen molar-refractivity contribution in [2.45, 2.75) is 39.8 Å². The molecule has 7 rings (SSSR count). The molecular formula is C40H43F3N6O3. The molecular weight excluding hydrogens is 669 g/mol. The number of hydrogen-bond donors (Lipinski definition) is 1. The third-order valence-corrected chi connectivity index (χ3v) is 9.70. The van der Waals surface area contributed by atoms with Gasteiger partial charge in [-0.3, -0.25) is 4.79 Å². The molecule has 0 saturated carbocycles. The smallest absolute Gasteiger partial charge is 0.255 e. The van der Waals surface area contributed by atoms with Crippen molar-refractivity contribution in [1.82, 2.24) is 14.8 Å². The van der Waals surface area contributed by atoms with Crippen molar-refractivity contribution < 1.29 is 27.4 Å². The second kappa shape index (κ2) is 15.5. The van der Waals surface area contributed by atoms with Crippen molar-refractivity contribution in [3.63, 3.8) is 0 Å². The Kier molecular flexibility index (Phi) is 10.8. The van der Waals surface area contributed by atoms with Gasteiger partial charge in [0.05, 0.1) is 19.8 Å². The van der Waals surface area contributed by atoms with Crippen LogP contribution in [0, 0.1) is 37.2 Å². The maximum atomic E-state index is 15.0. The Morgan fingerprint density at radius 3 is 2.31 bits per heavy atom. The molecule has 0 unspecified atom stereocenters. The number of aromatic nitrogens is 3. The number of aryl methyl sites for hydroxylation is 2. The van der Waals surface area contributed by atoms with Crippen molar-refractivity contribution in [1.29, 1.82) is 0 Å². The van der Waals surface area contributed by atoms with Crippen LogP contribution in [0.3, 0.4) is 0 Å². The van der Waals surface area contributed by atoms with E-state index in [0.717, 1.165) is 60.5 Å². The lowest BCUT2D eigenvalue weighted by Gasteiger charge is -2.38.